The normalized spacial score (nSPS) is 13.4. The standard InChI is InChI=1S/C41H43N5O7S2/c1-29(2)53-36-24-30(23-33(26-36)32-7-6-8-35(47)25-32)28-44-18-20-45(21-19-44)34-13-11-31(12-14-34)41(48)43-55(51,52)38-15-16-39(40(27-38)46(49)50)42-17-22-54-37-9-4-3-5-10-37/h3-16,23-27,29,42,47H,17-22,28H2,1-2H3,(H,43,48). The number of carbonyl (C=O) groups is 1. The fourth-order valence-corrected chi connectivity index (χ4v) is 8.06. The third-order valence-electron chi connectivity index (χ3n) is 8.92. The van der Waals surface area contributed by atoms with Gasteiger partial charge in [0, 0.05) is 67.2 Å². The average Bonchev–Trinajstić information content (AvgIpc) is 3.17. The molecule has 1 fully saturated rings. The van der Waals surface area contributed by atoms with E-state index in [-0.39, 0.29) is 28.0 Å². The second-order valence-electron chi connectivity index (χ2n) is 13.4. The number of rotatable bonds is 15. The Bertz CT molecular complexity index is 2230. The molecule has 14 heteroatoms. The first-order chi connectivity index (χ1) is 26.4. The Balaban J connectivity index is 1.03. The van der Waals surface area contributed by atoms with Gasteiger partial charge in [0.2, 0.25) is 0 Å². The molecule has 0 aromatic heterocycles. The van der Waals surface area contributed by atoms with Crippen molar-refractivity contribution in [2.24, 2.45) is 0 Å². The van der Waals surface area contributed by atoms with E-state index in [4.69, 9.17) is 4.74 Å². The Hall–Kier alpha value is -5.57. The van der Waals surface area contributed by atoms with E-state index in [0.717, 1.165) is 71.8 Å². The van der Waals surface area contributed by atoms with E-state index >= 15 is 0 Å². The van der Waals surface area contributed by atoms with Gasteiger partial charge in [0.1, 0.15) is 17.2 Å². The van der Waals surface area contributed by atoms with Crippen molar-refractivity contribution in [2.75, 3.05) is 48.7 Å². The van der Waals surface area contributed by atoms with Gasteiger partial charge in [-0.15, -0.1) is 11.8 Å². The highest BCUT2D eigenvalue weighted by Gasteiger charge is 2.24. The largest absolute Gasteiger partial charge is 0.508 e. The Morgan fingerprint density at radius 2 is 1.64 bits per heavy atom. The SMILES string of the molecule is CC(C)Oc1cc(CN2CCN(c3ccc(C(=O)NS(=O)(=O)c4ccc(NCCSc5ccccc5)c([N+](=O)[O-])c4)cc3)CC2)cc(-c2cccc(O)c2)c1. The number of phenolic OH excluding ortho intramolecular Hbond substituents is 1. The van der Waals surface area contributed by atoms with Gasteiger partial charge in [0.15, 0.2) is 0 Å². The van der Waals surface area contributed by atoms with Crippen molar-refractivity contribution in [3.05, 3.63) is 137 Å². The molecule has 55 heavy (non-hydrogen) atoms. The number of amides is 1. The van der Waals surface area contributed by atoms with Crippen LogP contribution < -0.4 is 19.7 Å². The van der Waals surface area contributed by atoms with Crippen molar-refractivity contribution in [3.8, 4) is 22.6 Å². The van der Waals surface area contributed by atoms with Crippen LogP contribution in [0.15, 0.2) is 125 Å². The van der Waals surface area contributed by atoms with E-state index in [9.17, 15) is 28.4 Å². The van der Waals surface area contributed by atoms with Crippen LogP contribution in [0.4, 0.5) is 17.1 Å². The molecule has 5 aromatic carbocycles. The molecule has 286 valence electrons. The first-order valence-electron chi connectivity index (χ1n) is 17.9. The summed E-state index contributed by atoms with van der Waals surface area (Å²) in [7, 11) is -4.40. The Morgan fingerprint density at radius 1 is 0.891 bits per heavy atom. The number of anilines is 2. The lowest BCUT2D eigenvalue weighted by Crippen LogP contribution is -2.46. The molecule has 12 nitrogen and oxygen atoms in total. The summed E-state index contributed by atoms with van der Waals surface area (Å²) in [4.78, 5) is 29.5. The minimum Gasteiger partial charge on any atom is -0.508 e. The maximum Gasteiger partial charge on any atom is 0.293 e. The predicted molar refractivity (Wildman–Crippen MR) is 217 cm³/mol. The molecule has 0 aliphatic carbocycles. The van der Waals surface area contributed by atoms with Crippen molar-refractivity contribution >= 4 is 44.8 Å². The molecule has 1 amide bonds. The Kier molecular flexibility index (Phi) is 12.6. The number of hydrogen-bond acceptors (Lipinski definition) is 11. The van der Waals surface area contributed by atoms with Crippen LogP contribution in [-0.4, -0.2) is 73.8 Å². The average molecular weight is 782 g/mol. The van der Waals surface area contributed by atoms with E-state index in [0.29, 0.717) is 12.3 Å². The van der Waals surface area contributed by atoms with E-state index in [2.05, 4.69) is 27.2 Å². The molecular formula is C41H43N5O7S2. The van der Waals surface area contributed by atoms with Gasteiger partial charge in [-0.3, -0.25) is 19.8 Å². The highest BCUT2D eigenvalue weighted by molar-refractivity contribution is 7.99. The monoisotopic (exact) mass is 781 g/mol. The summed E-state index contributed by atoms with van der Waals surface area (Å²) in [6.45, 7) is 8.20. The number of carbonyl (C=O) groups excluding carboxylic acids is 1. The first-order valence-corrected chi connectivity index (χ1v) is 20.3. The van der Waals surface area contributed by atoms with E-state index in [1.165, 1.54) is 12.1 Å². The summed E-state index contributed by atoms with van der Waals surface area (Å²) in [5.41, 5.74) is 3.80. The molecular weight excluding hydrogens is 739 g/mol. The summed E-state index contributed by atoms with van der Waals surface area (Å²) in [6, 6.07) is 33.3. The number of piperazine rings is 1. The number of phenols is 1. The molecule has 0 atom stereocenters. The minimum atomic E-state index is -4.40. The van der Waals surface area contributed by atoms with Crippen LogP contribution in [0.2, 0.25) is 0 Å². The van der Waals surface area contributed by atoms with Crippen LogP contribution in [0, 0.1) is 10.1 Å². The smallest absolute Gasteiger partial charge is 0.293 e. The second-order valence-corrected chi connectivity index (χ2v) is 16.2. The predicted octanol–water partition coefficient (Wildman–Crippen LogP) is 7.40. The zero-order valence-electron chi connectivity index (χ0n) is 30.6. The minimum absolute atomic E-state index is 0.0158. The third kappa shape index (κ3) is 10.6. The van der Waals surface area contributed by atoms with Gasteiger partial charge in [-0.05, 0) is 109 Å². The number of nitro benzene ring substituents is 1. The van der Waals surface area contributed by atoms with Crippen LogP contribution in [0.1, 0.15) is 29.8 Å². The third-order valence-corrected chi connectivity index (χ3v) is 11.3. The lowest BCUT2D eigenvalue weighted by Gasteiger charge is -2.36. The molecule has 3 N–H and O–H groups in total. The Labute approximate surface area is 325 Å². The summed E-state index contributed by atoms with van der Waals surface area (Å²) < 4.78 is 34.4. The Morgan fingerprint density at radius 3 is 2.33 bits per heavy atom. The van der Waals surface area contributed by atoms with E-state index < -0.39 is 26.5 Å². The zero-order valence-corrected chi connectivity index (χ0v) is 32.2. The van der Waals surface area contributed by atoms with Gasteiger partial charge in [-0.1, -0.05) is 30.3 Å². The molecule has 5 aromatic rings. The quantitative estimate of drug-likeness (QED) is 0.0421. The number of benzene rings is 5. The van der Waals surface area contributed by atoms with Gasteiger partial charge < -0.3 is 20.1 Å². The molecule has 0 saturated carbocycles. The highest BCUT2D eigenvalue weighted by atomic mass is 32.2. The number of ether oxygens (including phenoxy) is 1. The van der Waals surface area contributed by atoms with E-state index in [1.54, 1.807) is 48.2 Å². The fraction of sp³-hybridized carbons (Fsp3) is 0.244. The first kappa shape index (κ1) is 39.1. The fourth-order valence-electron chi connectivity index (χ4n) is 6.28. The van der Waals surface area contributed by atoms with Gasteiger partial charge in [0.25, 0.3) is 21.6 Å². The topological polar surface area (TPSA) is 154 Å². The molecule has 1 saturated heterocycles. The maximum atomic E-state index is 13.2. The second kappa shape index (κ2) is 17.7. The summed E-state index contributed by atoms with van der Waals surface area (Å²) in [6.07, 6.45) is 0.0158. The molecule has 1 aliphatic rings. The lowest BCUT2D eigenvalue weighted by molar-refractivity contribution is -0.384. The van der Waals surface area contributed by atoms with Crippen LogP contribution >= 0.6 is 11.8 Å². The maximum absolute atomic E-state index is 13.2. The molecule has 6 rings (SSSR count). The molecule has 0 unspecified atom stereocenters. The highest BCUT2D eigenvalue weighted by Crippen LogP contribution is 2.31. The van der Waals surface area contributed by atoms with Gasteiger partial charge in [-0.2, -0.15) is 0 Å². The lowest BCUT2D eigenvalue weighted by atomic mass is 10.0. The van der Waals surface area contributed by atoms with Crippen LogP contribution in [0.25, 0.3) is 11.1 Å². The number of hydrogen-bond donors (Lipinski definition) is 3. The van der Waals surface area contributed by atoms with Crippen molar-refractivity contribution in [1.29, 1.82) is 0 Å². The molecule has 0 spiro atoms. The van der Waals surface area contributed by atoms with E-state index in [1.807, 2.05) is 67.1 Å². The summed E-state index contributed by atoms with van der Waals surface area (Å²) in [5.74, 6) is 0.780. The van der Waals surface area contributed by atoms with Crippen molar-refractivity contribution in [2.45, 2.75) is 36.3 Å². The number of nitrogens with one attached hydrogen (secondary N) is 2. The van der Waals surface area contributed by atoms with Gasteiger partial charge >= 0.3 is 0 Å². The van der Waals surface area contributed by atoms with Crippen LogP contribution in [0.5, 0.6) is 11.5 Å². The van der Waals surface area contributed by atoms with Crippen molar-refractivity contribution < 1.29 is 28.0 Å². The number of aromatic hydroxyl groups is 1. The molecule has 0 bridgehead atoms. The van der Waals surface area contributed by atoms with Crippen LogP contribution in [0.3, 0.4) is 0 Å². The van der Waals surface area contributed by atoms with Crippen LogP contribution in [-0.2, 0) is 16.6 Å². The number of nitrogens with zero attached hydrogens (tertiary/aromatic N) is 3. The summed E-state index contributed by atoms with van der Waals surface area (Å²) >= 11 is 1.59. The number of nitro groups is 1. The van der Waals surface area contributed by atoms with Crippen molar-refractivity contribution in [1.82, 2.24) is 9.62 Å². The molecule has 0 radical (unpaired) electrons. The van der Waals surface area contributed by atoms with Crippen molar-refractivity contribution in [3.63, 3.8) is 0 Å². The van der Waals surface area contributed by atoms with Gasteiger partial charge in [-0.25, -0.2) is 13.1 Å². The zero-order chi connectivity index (χ0) is 39.0. The number of sulfonamides is 1. The summed E-state index contributed by atoms with van der Waals surface area (Å²) in [5, 5.41) is 24.9. The molecule has 1 heterocycles. The molecule has 1 aliphatic heterocycles. The number of thioether (sulfide) groups is 1. The van der Waals surface area contributed by atoms with Gasteiger partial charge in [0.05, 0.1) is 15.9 Å².